The summed E-state index contributed by atoms with van der Waals surface area (Å²) in [6, 6.07) is 0. The third kappa shape index (κ3) is 2.12. The molecule has 0 spiro atoms. The fourth-order valence-electron chi connectivity index (χ4n) is 1.46. The minimum atomic E-state index is 0.495. The summed E-state index contributed by atoms with van der Waals surface area (Å²) in [6.07, 6.45) is 7.21. The van der Waals surface area contributed by atoms with Crippen LogP contribution in [0, 0.1) is 0 Å². The van der Waals surface area contributed by atoms with E-state index in [-0.39, 0.29) is 0 Å². The minimum Gasteiger partial charge on any atom is -0.396 e. The first kappa shape index (κ1) is 8.81. The third-order valence-corrected chi connectivity index (χ3v) is 3.53. The molecule has 1 aromatic rings. The first-order chi connectivity index (χ1) is 6.36. The summed E-state index contributed by atoms with van der Waals surface area (Å²) in [4.78, 5) is 8.49. The number of nitrogens with zero attached hydrogens (tertiary/aromatic N) is 2. The summed E-state index contributed by atoms with van der Waals surface area (Å²) >= 11 is 1.96. The van der Waals surface area contributed by atoms with Crippen LogP contribution >= 0.6 is 11.8 Å². The Hall–Kier alpha value is -0.770. The van der Waals surface area contributed by atoms with Crippen molar-refractivity contribution in [2.24, 2.45) is 0 Å². The fraction of sp³-hybridized carbons (Fsp3) is 0.556. The first-order valence-corrected chi connectivity index (χ1v) is 5.60. The maximum absolute atomic E-state index is 5.52. The SMILES string of the molecule is Nc1cnc(C2CCCCS2)nc1. The van der Waals surface area contributed by atoms with Crippen LogP contribution in [0.3, 0.4) is 0 Å². The molecule has 1 atom stereocenters. The smallest absolute Gasteiger partial charge is 0.141 e. The van der Waals surface area contributed by atoms with Gasteiger partial charge in [-0.25, -0.2) is 9.97 Å². The Morgan fingerprint density at radius 3 is 2.69 bits per heavy atom. The van der Waals surface area contributed by atoms with Gasteiger partial charge in [0.05, 0.1) is 23.3 Å². The molecule has 0 radical (unpaired) electrons. The lowest BCUT2D eigenvalue weighted by atomic mass is 10.2. The molecule has 0 aromatic carbocycles. The standard InChI is InChI=1S/C9H13N3S/c10-7-5-11-9(12-6-7)8-3-1-2-4-13-8/h5-6,8H,1-4,10H2. The van der Waals surface area contributed by atoms with Crippen molar-refractivity contribution in [3.63, 3.8) is 0 Å². The van der Waals surface area contributed by atoms with Crippen molar-refractivity contribution < 1.29 is 0 Å². The van der Waals surface area contributed by atoms with E-state index in [2.05, 4.69) is 9.97 Å². The van der Waals surface area contributed by atoms with E-state index in [0.29, 0.717) is 10.9 Å². The van der Waals surface area contributed by atoms with Crippen LogP contribution in [0.15, 0.2) is 12.4 Å². The van der Waals surface area contributed by atoms with E-state index in [9.17, 15) is 0 Å². The predicted molar refractivity (Wildman–Crippen MR) is 55.5 cm³/mol. The van der Waals surface area contributed by atoms with Gasteiger partial charge in [0.2, 0.25) is 0 Å². The molecule has 1 fully saturated rings. The largest absolute Gasteiger partial charge is 0.396 e. The summed E-state index contributed by atoms with van der Waals surface area (Å²) in [5.74, 6) is 2.18. The van der Waals surface area contributed by atoms with Crippen molar-refractivity contribution in [2.45, 2.75) is 24.5 Å². The molecular weight excluding hydrogens is 182 g/mol. The highest BCUT2D eigenvalue weighted by Gasteiger charge is 2.17. The highest BCUT2D eigenvalue weighted by Crippen LogP contribution is 2.36. The topological polar surface area (TPSA) is 51.8 Å². The first-order valence-electron chi connectivity index (χ1n) is 4.55. The molecule has 0 aliphatic carbocycles. The lowest BCUT2D eigenvalue weighted by Crippen LogP contribution is -2.06. The number of hydrogen-bond donors (Lipinski definition) is 1. The minimum absolute atomic E-state index is 0.495. The van der Waals surface area contributed by atoms with Gasteiger partial charge < -0.3 is 5.73 Å². The Morgan fingerprint density at radius 2 is 2.08 bits per heavy atom. The van der Waals surface area contributed by atoms with Gasteiger partial charge in [-0.1, -0.05) is 6.42 Å². The van der Waals surface area contributed by atoms with Gasteiger partial charge in [0.15, 0.2) is 0 Å². The Labute approximate surface area is 82.2 Å². The van der Waals surface area contributed by atoms with Crippen LogP contribution in [0.25, 0.3) is 0 Å². The number of nitrogen functional groups attached to an aromatic ring is 1. The molecule has 1 aliphatic heterocycles. The summed E-state index contributed by atoms with van der Waals surface area (Å²) in [5, 5.41) is 0.495. The van der Waals surface area contributed by atoms with Crippen LogP contribution in [0.2, 0.25) is 0 Å². The van der Waals surface area contributed by atoms with Gasteiger partial charge in [-0.3, -0.25) is 0 Å². The maximum atomic E-state index is 5.52. The van der Waals surface area contributed by atoms with Crippen molar-refractivity contribution in [1.29, 1.82) is 0 Å². The highest BCUT2D eigenvalue weighted by atomic mass is 32.2. The molecule has 0 bridgehead atoms. The van der Waals surface area contributed by atoms with Crippen LogP contribution in [0.4, 0.5) is 5.69 Å². The van der Waals surface area contributed by atoms with E-state index >= 15 is 0 Å². The zero-order valence-electron chi connectivity index (χ0n) is 7.44. The second kappa shape index (κ2) is 3.96. The lowest BCUT2D eigenvalue weighted by Gasteiger charge is -2.19. The Bertz CT molecular complexity index is 267. The van der Waals surface area contributed by atoms with Gasteiger partial charge in [0.1, 0.15) is 5.82 Å². The van der Waals surface area contributed by atoms with Gasteiger partial charge in [-0.15, -0.1) is 0 Å². The van der Waals surface area contributed by atoms with Crippen molar-refractivity contribution in [3.05, 3.63) is 18.2 Å². The average Bonchev–Trinajstić information content (AvgIpc) is 2.20. The van der Waals surface area contributed by atoms with Crippen molar-refractivity contribution >= 4 is 17.4 Å². The van der Waals surface area contributed by atoms with Crippen molar-refractivity contribution in [3.8, 4) is 0 Å². The predicted octanol–water partition coefficient (Wildman–Crippen LogP) is 2.02. The molecule has 2 rings (SSSR count). The lowest BCUT2D eigenvalue weighted by molar-refractivity contribution is 0.662. The summed E-state index contributed by atoms with van der Waals surface area (Å²) < 4.78 is 0. The zero-order valence-corrected chi connectivity index (χ0v) is 8.26. The summed E-state index contributed by atoms with van der Waals surface area (Å²) in [6.45, 7) is 0. The van der Waals surface area contributed by atoms with E-state index in [0.717, 1.165) is 5.82 Å². The number of aromatic nitrogens is 2. The number of hydrogen-bond acceptors (Lipinski definition) is 4. The maximum Gasteiger partial charge on any atom is 0.141 e. The number of nitrogens with two attached hydrogens (primary N) is 1. The molecule has 1 aliphatic rings. The molecule has 2 heterocycles. The molecule has 1 aromatic heterocycles. The average molecular weight is 195 g/mol. The molecule has 4 heteroatoms. The normalized spacial score (nSPS) is 22.9. The second-order valence-electron chi connectivity index (χ2n) is 3.23. The quantitative estimate of drug-likeness (QED) is 0.744. The third-order valence-electron chi connectivity index (χ3n) is 2.16. The molecule has 13 heavy (non-hydrogen) atoms. The van der Waals surface area contributed by atoms with Crippen LogP contribution in [-0.4, -0.2) is 15.7 Å². The molecule has 1 unspecified atom stereocenters. The molecule has 1 saturated heterocycles. The molecule has 2 N–H and O–H groups in total. The summed E-state index contributed by atoms with van der Waals surface area (Å²) in [7, 11) is 0. The van der Waals surface area contributed by atoms with E-state index in [1.54, 1.807) is 12.4 Å². The van der Waals surface area contributed by atoms with E-state index in [4.69, 9.17) is 5.73 Å². The van der Waals surface area contributed by atoms with Gasteiger partial charge in [0, 0.05) is 0 Å². The molecule has 3 nitrogen and oxygen atoms in total. The van der Waals surface area contributed by atoms with Gasteiger partial charge in [-0.2, -0.15) is 11.8 Å². The van der Waals surface area contributed by atoms with E-state index < -0.39 is 0 Å². The number of anilines is 1. The number of thioether (sulfide) groups is 1. The number of rotatable bonds is 1. The molecule has 0 amide bonds. The second-order valence-corrected chi connectivity index (χ2v) is 4.54. The van der Waals surface area contributed by atoms with Gasteiger partial charge >= 0.3 is 0 Å². The monoisotopic (exact) mass is 195 g/mol. The molecule has 70 valence electrons. The van der Waals surface area contributed by atoms with Crippen LogP contribution < -0.4 is 5.73 Å². The Balaban J connectivity index is 2.10. The highest BCUT2D eigenvalue weighted by molar-refractivity contribution is 7.99. The molecule has 0 saturated carbocycles. The van der Waals surface area contributed by atoms with Crippen molar-refractivity contribution in [1.82, 2.24) is 9.97 Å². The zero-order chi connectivity index (χ0) is 9.10. The van der Waals surface area contributed by atoms with Crippen molar-refractivity contribution in [2.75, 3.05) is 11.5 Å². The summed E-state index contributed by atoms with van der Waals surface area (Å²) in [5.41, 5.74) is 6.17. The van der Waals surface area contributed by atoms with Crippen LogP contribution in [0.5, 0.6) is 0 Å². The Kier molecular flexibility index (Phi) is 2.68. The van der Waals surface area contributed by atoms with Crippen LogP contribution in [0.1, 0.15) is 30.3 Å². The fourth-order valence-corrected chi connectivity index (χ4v) is 2.72. The van der Waals surface area contributed by atoms with Crippen LogP contribution in [-0.2, 0) is 0 Å². The van der Waals surface area contributed by atoms with E-state index in [1.165, 1.54) is 25.0 Å². The van der Waals surface area contributed by atoms with E-state index in [1.807, 2.05) is 11.8 Å². The molecular formula is C9H13N3S. The van der Waals surface area contributed by atoms with Gasteiger partial charge in [-0.05, 0) is 18.6 Å². The Morgan fingerprint density at radius 1 is 1.31 bits per heavy atom. The van der Waals surface area contributed by atoms with Gasteiger partial charge in [0.25, 0.3) is 0 Å².